The van der Waals surface area contributed by atoms with Crippen LogP contribution in [0.25, 0.3) is 0 Å². The average Bonchev–Trinajstić information content (AvgIpc) is 1.83. The molecule has 0 rings (SSSR count). The van der Waals surface area contributed by atoms with Crippen molar-refractivity contribution in [2.45, 2.75) is 18.9 Å². The SMILES string of the molecule is [CH2]CCC(C=O)OC. The van der Waals surface area contributed by atoms with E-state index in [1.165, 1.54) is 7.11 Å². The molecule has 0 aromatic carbocycles. The lowest BCUT2D eigenvalue weighted by Crippen LogP contribution is -2.10. The molecule has 0 aromatic heterocycles. The summed E-state index contributed by atoms with van der Waals surface area (Å²) in [5, 5.41) is 0. The summed E-state index contributed by atoms with van der Waals surface area (Å²) in [5.41, 5.74) is 0. The van der Waals surface area contributed by atoms with Gasteiger partial charge in [-0.1, -0.05) is 13.3 Å². The first-order chi connectivity index (χ1) is 3.85. The number of carbonyl (C=O) groups is 1. The molecule has 0 aliphatic heterocycles. The van der Waals surface area contributed by atoms with Crippen LogP contribution in [0.15, 0.2) is 0 Å². The summed E-state index contributed by atoms with van der Waals surface area (Å²) >= 11 is 0. The number of rotatable bonds is 4. The van der Waals surface area contributed by atoms with Gasteiger partial charge in [-0.15, -0.1) is 0 Å². The Balaban J connectivity index is 3.21. The van der Waals surface area contributed by atoms with Crippen LogP contribution in [0.4, 0.5) is 0 Å². The van der Waals surface area contributed by atoms with Crippen LogP contribution in [0, 0.1) is 6.92 Å². The Hall–Kier alpha value is -0.370. The maximum Gasteiger partial charge on any atom is 0.148 e. The quantitative estimate of drug-likeness (QED) is 0.507. The number of ether oxygens (including phenoxy) is 1. The molecule has 0 aromatic rings. The van der Waals surface area contributed by atoms with Crippen LogP contribution >= 0.6 is 0 Å². The molecular weight excluding hydrogens is 104 g/mol. The molecule has 8 heavy (non-hydrogen) atoms. The molecule has 0 heterocycles. The highest BCUT2D eigenvalue weighted by atomic mass is 16.5. The van der Waals surface area contributed by atoms with Gasteiger partial charge in [0.15, 0.2) is 0 Å². The smallest absolute Gasteiger partial charge is 0.148 e. The highest BCUT2D eigenvalue weighted by Crippen LogP contribution is 1.95. The van der Waals surface area contributed by atoms with Gasteiger partial charge in [-0.05, 0) is 6.42 Å². The van der Waals surface area contributed by atoms with Gasteiger partial charge in [0, 0.05) is 7.11 Å². The van der Waals surface area contributed by atoms with Crippen LogP contribution in [-0.4, -0.2) is 19.5 Å². The Morgan fingerprint density at radius 2 is 2.50 bits per heavy atom. The number of hydrogen-bond acceptors (Lipinski definition) is 2. The second kappa shape index (κ2) is 4.78. The molecule has 0 N–H and O–H groups in total. The van der Waals surface area contributed by atoms with Crippen molar-refractivity contribution in [1.82, 2.24) is 0 Å². The number of hydrogen-bond donors (Lipinski definition) is 0. The molecule has 1 radical (unpaired) electrons. The first-order valence-electron chi connectivity index (χ1n) is 2.62. The van der Waals surface area contributed by atoms with Crippen LogP contribution in [-0.2, 0) is 9.53 Å². The Kier molecular flexibility index (Phi) is 4.56. The van der Waals surface area contributed by atoms with Gasteiger partial charge in [0.1, 0.15) is 12.4 Å². The minimum absolute atomic E-state index is 0.243. The van der Waals surface area contributed by atoms with E-state index >= 15 is 0 Å². The molecular formula is C6H11O2. The summed E-state index contributed by atoms with van der Waals surface area (Å²) in [5.74, 6) is 0. The third kappa shape index (κ3) is 2.75. The molecule has 0 saturated heterocycles. The third-order valence-corrected chi connectivity index (χ3v) is 0.943. The van der Waals surface area contributed by atoms with Gasteiger partial charge in [0.05, 0.1) is 0 Å². The molecule has 0 amide bonds. The molecule has 0 fully saturated rings. The largest absolute Gasteiger partial charge is 0.374 e. The van der Waals surface area contributed by atoms with E-state index in [0.29, 0.717) is 0 Å². The summed E-state index contributed by atoms with van der Waals surface area (Å²) < 4.78 is 4.73. The molecule has 0 aliphatic rings. The lowest BCUT2D eigenvalue weighted by Gasteiger charge is -2.03. The van der Waals surface area contributed by atoms with Crippen molar-refractivity contribution in [3.8, 4) is 0 Å². The number of aldehydes is 1. The monoisotopic (exact) mass is 115 g/mol. The lowest BCUT2D eigenvalue weighted by atomic mass is 10.2. The minimum Gasteiger partial charge on any atom is -0.374 e. The van der Waals surface area contributed by atoms with Gasteiger partial charge in [0.2, 0.25) is 0 Å². The van der Waals surface area contributed by atoms with Crippen molar-refractivity contribution in [3.63, 3.8) is 0 Å². The van der Waals surface area contributed by atoms with Crippen molar-refractivity contribution in [3.05, 3.63) is 6.92 Å². The van der Waals surface area contributed by atoms with Crippen molar-refractivity contribution in [1.29, 1.82) is 0 Å². The van der Waals surface area contributed by atoms with E-state index in [4.69, 9.17) is 4.74 Å². The lowest BCUT2D eigenvalue weighted by molar-refractivity contribution is -0.116. The highest BCUT2D eigenvalue weighted by molar-refractivity contribution is 5.55. The molecule has 0 aliphatic carbocycles. The summed E-state index contributed by atoms with van der Waals surface area (Å²) in [6.07, 6.45) is 2.02. The van der Waals surface area contributed by atoms with Crippen LogP contribution in [0.3, 0.4) is 0 Å². The van der Waals surface area contributed by atoms with Gasteiger partial charge < -0.3 is 9.53 Å². The first kappa shape index (κ1) is 7.63. The molecule has 2 heteroatoms. The van der Waals surface area contributed by atoms with E-state index in [2.05, 4.69) is 6.92 Å². The van der Waals surface area contributed by atoms with E-state index in [0.717, 1.165) is 19.1 Å². The highest BCUT2D eigenvalue weighted by Gasteiger charge is 2.00. The van der Waals surface area contributed by atoms with Gasteiger partial charge in [-0.3, -0.25) is 0 Å². The molecule has 0 spiro atoms. The standard InChI is InChI=1S/C6H11O2/c1-3-4-6(5-7)8-2/h5-6H,1,3-4H2,2H3. The predicted molar refractivity (Wildman–Crippen MR) is 31.5 cm³/mol. The number of carbonyl (C=O) groups excluding carboxylic acids is 1. The molecule has 0 saturated carbocycles. The maximum atomic E-state index is 9.97. The average molecular weight is 115 g/mol. The topological polar surface area (TPSA) is 26.3 Å². The molecule has 1 atom stereocenters. The van der Waals surface area contributed by atoms with Crippen molar-refractivity contribution < 1.29 is 9.53 Å². The summed E-state index contributed by atoms with van der Waals surface area (Å²) in [4.78, 5) is 9.97. The summed E-state index contributed by atoms with van der Waals surface area (Å²) in [7, 11) is 1.52. The number of methoxy groups -OCH3 is 1. The Labute approximate surface area is 49.8 Å². The Bertz CT molecular complexity index is 61.5. The minimum atomic E-state index is -0.243. The van der Waals surface area contributed by atoms with E-state index < -0.39 is 0 Å². The second-order valence-electron chi connectivity index (χ2n) is 1.55. The Morgan fingerprint density at radius 1 is 1.88 bits per heavy atom. The molecule has 2 nitrogen and oxygen atoms in total. The summed E-state index contributed by atoms with van der Waals surface area (Å²) in [6.45, 7) is 3.58. The zero-order chi connectivity index (χ0) is 6.41. The van der Waals surface area contributed by atoms with Crippen molar-refractivity contribution >= 4 is 6.29 Å². The van der Waals surface area contributed by atoms with Crippen LogP contribution in [0.5, 0.6) is 0 Å². The van der Waals surface area contributed by atoms with Crippen LogP contribution < -0.4 is 0 Å². The van der Waals surface area contributed by atoms with Crippen molar-refractivity contribution in [2.75, 3.05) is 7.11 Å². The van der Waals surface area contributed by atoms with Gasteiger partial charge >= 0.3 is 0 Å². The molecule has 0 bridgehead atoms. The normalized spacial score (nSPS) is 13.2. The fourth-order valence-electron chi connectivity index (χ4n) is 0.443. The van der Waals surface area contributed by atoms with Crippen LogP contribution in [0.1, 0.15) is 12.8 Å². The van der Waals surface area contributed by atoms with Crippen LogP contribution in [0.2, 0.25) is 0 Å². The zero-order valence-electron chi connectivity index (χ0n) is 5.09. The maximum absolute atomic E-state index is 9.97. The fraction of sp³-hybridized carbons (Fsp3) is 0.667. The van der Waals surface area contributed by atoms with E-state index in [-0.39, 0.29) is 6.10 Å². The van der Waals surface area contributed by atoms with Gasteiger partial charge in [0.25, 0.3) is 0 Å². The molecule has 47 valence electrons. The van der Waals surface area contributed by atoms with E-state index in [1.54, 1.807) is 0 Å². The second-order valence-corrected chi connectivity index (χ2v) is 1.55. The van der Waals surface area contributed by atoms with E-state index in [9.17, 15) is 4.79 Å². The van der Waals surface area contributed by atoms with Gasteiger partial charge in [-0.2, -0.15) is 0 Å². The Morgan fingerprint density at radius 3 is 2.62 bits per heavy atom. The van der Waals surface area contributed by atoms with Gasteiger partial charge in [-0.25, -0.2) is 0 Å². The van der Waals surface area contributed by atoms with Crippen molar-refractivity contribution in [2.24, 2.45) is 0 Å². The zero-order valence-corrected chi connectivity index (χ0v) is 5.09. The van der Waals surface area contributed by atoms with E-state index in [1.807, 2.05) is 0 Å². The first-order valence-corrected chi connectivity index (χ1v) is 2.62. The molecule has 1 unspecified atom stereocenters. The predicted octanol–water partition coefficient (Wildman–Crippen LogP) is 0.815. The summed E-state index contributed by atoms with van der Waals surface area (Å²) in [6, 6.07) is 0. The fourth-order valence-corrected chi connectivity index (χ4v) is 0.443. The third-order valence-electron chi connectivity index (χ3n) is 0.943.